The summed E-state index contributed by atoms with van der Waals surface area (Å²) in [4.78, 5) is 8.78. The molecule has 0 aliphatic rings. The molecule has 1 atom stereocenters. The number of rotatable bonds is 2. The zero-order valence-corrected chi connectivity index (χ0v) is 12.4. The maximum absolute atomic E-state index is 6.13. The van der Waals surface area contributed by atoms with Crippen LogP contribution in [0.5, 0.6) is 0 Å². The molecule has 0 saturated carbocycles. The van der Waals surface area contributed by atoms with Crippen molar-refractivity contribution < 1.29 is 4.52 Å². The van der Waals surface area contributed by atoms with Gasteiger partial charge in [-0.3, -0.25) is 4.98 Å². The highest BCUT2D eigenvalue weighted by Crippen LogP contribution is 2.31. The highest BCUT2D eigenvalue weighted by molar-refractivity contribution is 7.17. The largest absolute Gasteiger partial charge is 0.337 e. The first-order valence-electron chi connectivity index (χ1n) is 6.38. The van der Waals surface area contributed by atoms with Crippen molar-refractivity contribution in [3.05, 3.63) is 29.6 Å². The Labute approximate surface area is 120 Å². The van der Waals surface area contributed by atoms with Gasteiger partial charge in [0.1, 0.15) is 0 Å². The van der Waals surface area contributed by atoms with Gasteiger partial charge in [0, 0.05) is 11.8 Å². The van der Waals surface area contributed by atoms with Gasteiger partial charge < -0.3 is 10.3 Å². The third-order valence-electron chi connectivity index (χ3n) is 3.20. The average molecular weight is 288 g/mol. The van der Waals surface area contributed by atoms with Gasteiger partial charge in [-0.05, 0) is 22.9 Å². The lowest BCUT2D eigenvalue weighted by Crippen LogP contribution is -2.26. The van der Waals surface area contributed by atoms with Gasteiger partial charge in [0.25, 0.3) is 0 Å². The Balaban J connectivity index is 1.97. The molecule has 3 aromatic heterocycles. The van der Waals surface area contributed by atoms with E-state index in [1.54, 1.807) is 17.5 Å². The van der Waals surface area contributed by atoms with Crippen molar-refractivity contribution in [3.63, 3.8) is 0 Å². The lowest BCUT2D eigenvalue weighted by Gasteiger charge is -2.23. The maximum atomic E-state index is 6.13. The zero-order chi connectivity index (χ0) is 14.3. The van der Waals surface area contributed by atoms with Crippen LogP contribution in [-0.2, 0) is 0 Å². The normalized spacial score (nSPS) is 13.8. The van der Waals surface area contributed by atoms with Gasteiger partial charge in [0.05, 0.1) is 16.3 Å². The van der Waals surface area contributed by atoms with E-state index in [0.717, 1.165) is 15.8 Å². The summed E-state index contributed by atoms with van der Waals surface area (Å²) in [5.41, 5.74) is 7.83. The molecule has 20 heavy (non-hydrogen) atoms. The molecule has 3 aromatic rings. The quantitative estimate of drug-likeness (QED) is 0.782. The molecule has 5 nitrogen and oxygen atoms in total. The van der Waals surface area contributed by atoms with Crippen LogP contribution in [0.25, 0.3) is 21.6 Å². The minimum atomic E-state index is -0.290. The van der Waals surface area contributed by atoms with Crippen LogP contribution in [0.3, 0.4) is 0 Å². The van der Waals surface area contributed by atoms with Gasteiger partial charge >= 0.3 is 0 Å². The van der Waals surface area contributed by atoms with E-state index in [1.807, 2.05) is 38.3 Å². The third kappa shape index (κ3) is 2.32. The van der Waals surface area contributed by atoms with Crippen LogP contribution in [0.4, 0.5) is 0 Å². The second-order valence-electron chi connectivity index (χ2n) is 5.83. The van der Waals surface area contributed by atoms with E-state index in [0.29, 0.717) is 11.7 Å². The van der Waals surface area contributed by atoms with Crippen LogP contribution in [0.1, 0.15) is 32.7 Å². The predicted molar refractivity (Wildman–Crippen MR) is 79.3 cm³/mol. The van der Waals surface area contributed by atoms with E-state index in [2.05, 4.69) is 15.1 Å². The fourth-order valence-electron chi connectivity index (χ4n) is 1.82. The number of nitrogens with zero attached hydrogens (tertiary/aromatic N) is 3. The Morgan fingerprint density at radius 1 is 1.35 bits per heavy atom. The van der Waals surface area contributed by atoms with Gasteiger partial charge in [-0.1, -0.05) is 25.9 Å². The summed E-state index contributed by atoms with van der Waals surface area (Å²) in [6, 6.07) is 3.72. The Kier molecular flexibility index (Phi) is 3.07. The van der Waals surface area contributed by atoms with E-state index >= 15 is 0 Å². The SMILES string of the molecule is CC(C)(C)[C@@H](N)c1nc(-c2cnc3ccsc3c2)no1. The lowest BCUT2D eigenvalue weighted by molar-refractivity contribution is 0.253. The molecule has 0 aliphatic carbocycles. The number of pyridine rings is 1. The molecule has 104 valence electrons. The molecule has 0 amide bonds. The Hall–Kier alpha value is -1.79. The molecule has 0 saturated heterocycles. The molecule has 0 aromatic carbocycles. The van der Waals surface area contributed by atoms with E-state index in [-0.39, 0.29) is 11.5 Å². The van der Waals surface area contributed by atoms with Crippen LogP contribution in [0.2, 0.25) is 0 Å². The molecule has 0 radical (unpaired) electrons. The lowest BCUT2D eigenvalue weighted by atomic mass is 9.87. The summed E-state index contributed by atoms with van der Waals surface area (Å²) in [5, 5.41) is 6.02. The number of hydrogen-bond acceptors (Lipinski definition) is 6. The van der Waals surface area contributed by atoms with E-state index in [1.165, 1.54) is 0 Å². The first-order chi connectivity index (χ1) is 9.45. The van der Waals surface area contributed by atoms with Crippen molar-refractivity contribution in [2.24, 2.45) is 11.1 Å². The summed E-state index contributed by atoms with van der Waals surface area (Å²) >= 11 is 1.64. The Bertz CT molecular complexity index is 741. The number of nitrogens with two attached hydrogens (primary N) is 1. The fourth-order valence-corrected chi connectivity index (χ4v) is 2.60. The second kappa shape index (κ2) is 4.64. The van der Waals surface area contributed by atoms with Gasteiger partial charge in [-0.15, -0.1) is 11.3 Å². The highest BCUT2D eigenvalue weighted by atomic mass is 32.1. The predicted octanol–water partition coefficient (Wildman–Crippen LogP) is 3.39. The Morgan fingerprint density at radius 2 is 2.15 bits per heavy atom. The van der Waals surface area contributed by atoms with Crippen molar-refractivity contribution in [2.75, 3.05) is 0 Å². The standard InChI is InChI=1S/C14H16N4OS/c1-14(2,3)11(15)13-17-12(18-19-13)8-6-10-9(16-7-8)4-5-20-10/h4-7,11H,15H2,1-3H3/t11-/m0/s1. The van der Waals surface area contributed by atoms with Crippen LogP contribution in [0.15, 0.2) is 28.2 Å². The topological polar surface area (TPSA) is 77.8 Å². The summed E-state index contributed by atoms with van der Waals surface area (Å²) in [6.45, 7) is 6.13. The minimum absolute atomic E-state index is 0.125. The van der Waals surface area contributed by atoms with Crippen LogP contribution in [0, 0.1) is 5.41 Å². The maximum Gasteiger partial charge on any atom is 0.244 e. The van der Waals surface area contributed by atoms with Crippen molar-refractivity contribution >= 4 is 21.6 Å². The first-order valence-corrected chi connectivity index (χ1v) is 7.26. The smallest absolute Gasteiger partial charge is 0.244 e. The average Bonchev–Trinajstić information content (AvgIpc) is 3.04. The number of aromatic nitrogens is 3. The summed E-state index contributed by atoms with van der Waals surface area (Å²) in [5.74, 6) is 0.987. The molecule has 3 heterocycles. The third-order valence-corrected chi connectivity index (χ3v) is 4.05. The van der Waals surface area contributed by atoms with E-state index in [4.69, 9.17) is 10.3 Å². The van der Waals surface area contributed by atoms with Crippen molar-refractivity contribution in [1.29, 1.82) is 0 Å². The van der Waals surface area contributed by atoms with Crippen molar-refractivity contribution in [3.8, 4) is 11.4 Å². The number of fused-ring (bicyclic) bond motifs is 1. The van der Waals surface area contributed by atoms with Gasteiger partial charge in [-0.2, -0.15) is 4.98 Å². The molecule has 0 aliphatic heterocycles. The zero-order valence-electron chi connectivity index (χ0n) is 11.6. The van der Waals surface area contributed by atoms with Gasteiger partial charge in [0.15, 0.2) is 0 Å². The molecular weight excluding hydrogens is 272 g/mol. The summed E-state index contributed by atoms with van der Waals surface area (Å²) < 4.78 is 6.40. The minimum Gasteiger partial charge on any atom is -0.337 e. The first kappa shape index (κ1) is 13.2. The monoisotopic (exact) mass is 288 g/mol. The number of thiophene rings is 1. The number of hydrogen-bond donors (Lipinski definition) is 1. The molecule has 0 fully saturated rings. The summed E-state index contributed by atoms with van der Waals surface area (Å²) in [7, 11) is 0. The van der Waals surface area contributed by atoms with Crippen molar-refractivity contribution in [2.45, 2.75) is 26.8 Å². The fraction of sp³-hybridized carbons (Fsp3) is 0.357. The molecule has 3 rings (SSSR count). The van der Waals surface area contributed by atoms with Gasteiger partial charge in [0.2, 0.25) is 11.7 Å². The second-order valence-corrected chi connectivity index (χ2v) is 6.78. The van der Waals surface area contributed by atoms with Crippen LogP contribution < -0.4 is 5.73 Å². The Morgan fingerprint density at radius 3 is 2.90 bits per heavy atom. The molecule has 0 spiro atoms. The molecule has 2 N–H and O–H groups in total. The molecule has 6 heteroatoms. The summed E-state index contributed by atoms with van der Waals surface area (Å²) in [6.07, 6.45) is 1.76. The van der Waals surface area contributed by atoms with E-state index < -0.39 is 0 Å². The molecule has 0 unspecified atom stereocenters. The van der Waals surface area contributed by atoms with Crippen LogP contribution in [-0.4, -0.2) is 15.1 Å². The highest BCUT2D eigenvalue weighted by Gasteiger charge is 2.27. The van der Waals surface area contributed by atoms with Crippen LogP contribution >= 0.6 is 11.3 Å². The van der Waals surface area contributed by atoms with Crippen molar-refractivity contribution in [1.82, 2.24) is 15.1 Å². The van der Waals surface area contributed by atoms with E-state index in [9.17, 15) is 0 Å². The molecular formula is C14H16N4OS. The van der Waals surface area contributed by atoms with Gasteiger partial charge in [-0.25, -0.2) is 0 Å². The molecule has 0 bridgehead atoms.